The van der Waals surface area contributed by atoms with Crippen molar-refractivity contribution < 1.29 is 35.7 Å². The van der Waals surface area contributed by atoms with Crippen LogP contribution in [-0.4, -0.2) is 52.8 Å². The van der Waals surface area contributed by atoms with Gasteiger partial charge in [0.1, 0.15) is 0 Å². The zero-order valence-electron chi connectivity index (χ0n) is 12.7. The van der Waals surface area contributed by atoms with Crippen LogP contribution in [0.25, 0.3) is 0 Å². The van der Waals surface area contributed by atoms with Crippen molar-refractivity contribution in [3.8, 4) is 5.88 Å². The smallest absolute Gasteiger partial charge is 0.465 e. The summed E-state index contributed by atoms with van der Waals surface area (Å²) >= 11 is 0.983. The summed E-state index contributed by atoms with van der Waals surface area (Å²) in [6.45, 7) is -0.00721. The van der Waals surface area contributed by atoms with Gasteiger partial charge in [-0.25, -0.2) is 9.78 Å². The van der Waals surface area contributed by atoms with Crippen LogP contribution in [0.4, 0.5) is 18.0 Å². The molecule has 1 aliphatic carbocycles. The van der Waals surface area contributed by atoms with E-state index in [4.69, 9.17) is 0 Å². The number of hydrogen-bond acceptors (Lipinski definition) is 7. The monoisotopic (exact) mass is 399 g/mol. The van der Waals surface area contributed by atoms with E-state index in [1.165, 1.54) is 4.90 Å². The van der Waals surface area contributed by atoms with Gasteiger partial charge in [-0.3, -0.25) is 4.90 Å². The first-order valence-electron chi connectivity index (χ1n) is 6.98. The van der Waals surface area contributed by atoms with Crippen LogP contribution in [0.3, 0.4) is 0 Å². The molecular formula is C12H12F3N3O5S2. The van der Waals surface area contributed by atoms with Gasteiger partial charge >= 0.3 is 21.7 Å². The van der Waals surface area contributed by atoms with Gasteiger partial charge in [0.2, 0.25) is 5.88 Å². The topological polar surface area (TPSA) is 110 Å². The molecule has 8 nitrogen and oxygen atoms in total. The van der Waals surface area contributed by atoms with Crippen molar-refractivity contribution in [2.45, 2.75) is 35.5 Å². The van der Waals surface area contributed by atoms with Crippen LogP contribution >= 0.6 is 11.8 Å². The van der Waals surface area contributed by atoms with Crippen molar-refractivity contribution in [2.24, 2.45) is 0 Å². The number of rotatable bonds is 3. The Bertz CT molecular complexity index is 839. The lowest BCUT2D eigenvalue weighted by molar-refractivity contribution is -0.0502. The molecule has 13 heteroatoms. The van der Waals surface area contributed by atoms with E-state index in [0.29, 0.717) is 12.8 Å². The number of halogens is 3. The van der Waals surface area contributed by atoms with E-state index in [0.717, 1.165) is 11.8 Å². The van der Waals surface area contributed by atoms with E-state index in [1.807, 2.05) is 0 Å². The first kappa shape index (κ1) is 18.0. The highest BCUT2D eigenvalue weighted by atomic mass is 32.2. The van der Waals surface area contributed by atoms with E-state index in [9.17, 15) is 31.5 Å². The summed E-state index contributed by atoms with van der Waals surface area (Å²) in [6, 6.07) is 0. The maximum Gasteiger partial charge on any atom is 0.534 e. The van der Waals surface area contributed by atoms with Gasteiger partial charge in [0.25, 0.3) is 0 Å². The highest BCUT2D eigenvalue weighted by molar-refractivity contribution is 7.98. The van der Waals surface area contributed by atoms with E-state index in [2.05, 4.69) is 14.2 Å². The van der Waals surface area contributed by atoms with Gasteiger partial charge in [-0.05, 0) is 25.5 Å². The van der Waals surface area contributed by atoms with Crippen molar-refractivity contribution >= 4 is 28.0 Å². The number of amides is 1. The lowest BCUT2D eigenvalue weighted by atomic mass is 9.97. The second-order valence-electron chi connectivity index (χ2n) is 5.54. The van der Waals surface area contributed by atoms with Crippen LogP contribution in [0, 0.1) is 0 Å². The Kier molecular flexibility index (Phi) is 4.06. The quantitative estimate of drug-likeness (QED) is 0.356. The summed E-state index contributed by atoms with van der Waals surface area (Å²) in [4.78, 5) is 20.6. The molecule has 2 aliphatic rings. The fourth-order valence-corrected chi connectivity index (χ4v) is 3.63. The van der Waals surface area contributed by atoms with Gasteiger partial charge in [-0.2, -0.15) is 26.6 Å². The molecular weight excluding hydrogens is 387 g/mol. The third kappa shape index (κ3) is 2.88. The predicted molar refractivity (Wildman–Crippen MR) is 78.8 cm³/mol. The molecule has 1 aromatic heterocycles. The Labute approximate surface area is 144 Å². The fraction of sp³-hybridized carbons (Fsp3) is 0.583. The van der Waals surface area contributed by atoms with Gasteiger partial charge in [-0.15, -0.1) is 0 Å². The van der Waals surface area contributed by atoms with E-state index in [1.54, 1.807) is 6.26 Å². The van der Waals surface area contributed by atoms with Crippen molar-refractivity contribution in [1.82, 2.24) is 14.9 Å². The van der Waals surface area contributed by atoms with Crippen molar-refractivity contribution in [3.63, 3.8) is 0 Å². The molecule has 1 aromatic rings. The van der Waals surface area contributed by atoms with Crippen molar-refractivity contribution in [3.05, 3.63) is 11.3 Å². The number of fused-ring (bicyclic) bond motifs is 2. The number of thioether (sulfide) groups is 1. The largest absolute Gasteiger partial charge is 0.534 e. The Morgan fingerprint density at radius 3 is 2.48 bits per heavy atom. The molecule has 1 saturated carbocycles. The average Bonchev–Trinajstić information content (AvgIpc) is 3.27. The Balaban J connectivity index is 2.12. The predicted octanol–water partition coefficient (Wildman–Crippen LogP) is 1.95. The lowest BCUT2D eigenvalue weighted by Gasteiger charge is -2.35. The molecule has 1 spiro atoms. The van der Waals surface area contributed by atoms with Gasteiger partial charge in [-0.1, -0.05) is 11.8 Å². The number of carbonyl (C=O) groups is 1. The minimum Gasteiger partial charge on any atom is -0.465 e. The SMILES string of the molecule is CSc1nc(OS(=O)(=O)C(F)(F)F)c2c(n1)C1(CC1)N(C(=O)O)CC2. The van der Waals surface area contributed by atoms with Gasteiger partial charge in [0.05, 0.1) is 11.2 Å². The standard InChI is InChI=1S/C12H12F3N3O5S2/c1-24-9-16-7-6(2-5-18(10(19)20)11(7)3-4-11)8(17-9)23-25(21,22)12(13,14)15/h2-5H2,1H3,(H,19,20). The third-order valence-corrected chi connectivity index (χ3v) is 5.59. The number of aromatic nitrogens is 2. The summed E-state index contributed by atoms with van der Waals surface area (Å²) in [5.74, 6) is -0.692. The zero-order chi connectivity index (χ0) is 18.6. The first-order valence-corrected chi connectivity index (χ1v) is 9.62. The molecule has 0 radical (unpaired) electrons. The van der Waals surface area contributed by atoms with Gasteiger partial charge in [0, 0.05) is 12.1 Å². The summed E-state index contributed by atoms with van der Waals surface area (Å²) < 4.78 is 64.8. The van der Waals surface area contributed by atoms with Crippen LogP contribution in [-0.2, 0) is 22.1 Å². The Morgan fingerprint density at radius 2 is 2.00 bits per heavy atom. The molecule has 0 saturated heterocycles. The second kappa shape index (κ2) is 5.62. The molecule has 25 heavy (non-hydrogen) atoms. The number of alkyl halides is 3. The molecule has 3 rings (SSSR count). The second-order valence-corrected chi connectivity index (χ2v) is 7.85. The molecule has 1 N–H and O–H groups in total. The molecule has 0 atom stereocenters. The molecule has 0 aromatic carbocycles. The summed E-state index contributed by atoms with van der Waals surface area (Å²) in [5.41, 5.74) is -6.23. The summed E-state index contributed by atoms with van der Waals surface area (Å²) in [7, 11) is -5.89. The maximum absolute atomic E-state index is 12.6. The molecule has 2 heterocycles. The van der Waals surface area contributed by atoms with Crippen LogP contribution in [0.15, 0.2) is 5.16 Å². The van der Waals surface area contributed by atoms with E-state index >= 15 is 0 Å². The van der Waals surface area contributed by atoms with E-state index < -0.39 is 33.1 Å². The van der Waals surface area contributed by atoms with Gasteiger partial charge < -0.3 is 9.29 Å². The zero-order valence-corrected chi connectivity index (χ0v) is 14.3. The normalized spacial score (nSPS) is 18.8. The number of carboxylic acid groups (broad SMARTS) is 1. The molecule has 1 fully saturated rings. The number of nitrogens with zero attached hydrogens (tertiary/aromatic N) is 3. The minimum absolute atomic E-state index is 0.00429. The van der Waals surface area contributed by atoms with Crippen LogP contribution in [0.1, 0.15) is 24.1 Å². The average molecular weight is 399 g/mol. The number of hydrogen-bond donors (Lipinski definition) is 1. The third-order valence-electron chi connectivity index (χ3n) is 4.10. The van der Waals surface area contributed by atoms with Crippen molar-refractivity contribution in [1.29, 1.82) is 0 Å². The molecule has 0 bridgehead atoms. The molecule has 1 aliphatic heterocycles. The lowest BCUT2D eigenvalue weighted by Crippen LogP contribution is -2.45. The highest BCUT2D eigenvalue weighted by Crippen LogP contribution is 2.54. The van der Waals surface area contributed by atoms with Crippen LogP contribution in [0.5, 0.6) is 5.88 Å². The molecule has 1 amide bonds. The first-order chi connectivity index (χ1) is 11.5. The maximum atomic E-state index is 12.6. The molecule has 0 unspecified atom stereocenters. The highest BCUT2D eigenvalue weighted by Gasteiger charge is 2.57. The van der Waals surface area contributed by atoms with Crippen LogP contribution in [0.2, 0.25) is 0 Å². The Hall–Kier alpha value is -1.76. The minimum atomic E-state index is -5.89. The Morgan fingerprint density at radius 1 is 1.36 bits per heavy atom. The molecule has 138 valence electrons. The summed E-state index contributed by atoms with van der Waals surface area (Å²) in [5, 5.41) is 9.33. The summed E-state index contributed by atoms with van der Waals surface area (Å²) in [6.07, 6.45) is 1.24. The van der Waals surface area contributed by atoms with Crippen LogP contribution < -0.4 is 4.18 Å². The van der Waals surface area contributed by atoms with E-state index in [-0.39, 0.29) is 29.4 Å². The van der Waals surface area contributed by atoms with Crippen molar-refractivity contribution in [2.75, 3.05) is 12.8 Å². The van der Waals surface area contributed by atoms with Gasteiger partial charge in [0.15, 0.2) is 5.16 Å². The fourth-order valence-electron chi connectivity index (χ4n) is 2.83.